The van der Waals surface area contributed by atoms with Crippen LogP contribution < -0.4 is 10.1 Å². The summed E-state index contributed by atoms with van der Waals surface area (Å²) in [6.45, 7) is 2.00. The van der Waals surface area contributed by atoms with Gasteiger partial charge in [-0.25, -0.2) is 0 Å². The maximum atomic E-state index is 12.6. The van der Waals surface area contributed by atoms with Gasteiger partial charge in [0.15, 0.2) is 0 Å². The number of rotatable bonds is 5. The molecule has 0 bridgehead atoms. The zero-order chi connectivity index (χ0) is 16.9. The summed E-state index contributed by atoms with van der Waals surface area (Å²) < 4.78 is 5.22. The minimum Gasteiger partial charge on any atom is -0.497 e. The van der Waals surface area contributed by atoms with E-state index in [-0.39, 0.29) is 11.9 Å². The SMILES string of the molecule is COc1ccc(C(NC(=O)c2ccc(C)s2)c2ccccc2)cc1. The van der Waals surface area contributed by atoms with E-state index in [1.165, 1.54) is 11.3 Å². The molecule has 0 aliphatic carbocycles. The molecule has 1 aromatic heterocycles. The van der Waals surface area contributed by atoms with Gasteiger partial charge in [-0.15, -0.1) is 11.3 Å². The Morgan fingerprint density at radius 1 is 0.958 bits per heavy atom. The zero-order valence-electron chi connectivity index (χ0n) is 13.7. The molecule has 1 atom stereocenters. The Morgan fingerprint density at radius 3 is 2.21 bits per heavy atom. The fraction of sp³-hybridized carbons (Fsp3) is 0.150. The van der Waals surface area contributed by atoms with Crippen molar-refractivity contribution in [2.24, 2.45) is 0 Å². The van der Waals surface area contributed by atoms with E-state index in [4.69, 9.17) is 4.74 Å². The van der Waals surface area contributed by atoms with Crippen molar-refractivity contribution in [2.45, 2.75) is 13.0 Å². The monoisotopic (exact) mass is 337 g/mol. The maximum Gasteiger partial charge on any atom is 0.262 e. The summed E-state index contributed by atoms with van der Waals surface area (Å²) in [7, 11) is 1.64. The third-order valence-corrected chi connectivity index (χ3v) is 4.82. The van der Waals surface area contributed by atoms with Crippen molar-refractivity contribution in [3.63, 3.8) is 0 Å². The molecule has 0 saturated heterocycles. The smallest absolute Gasteiger partial charge is 0.262 e. The van der Waals surface area contributed by atoms with E-state index >= 15 is 0 Å². The molecule has 3 nitrogen and oxygen atoms in total. The van der Waals surface area contributed by atoms with Crippen molar-refractivity contribution >= 4 is 17.2 Å². The number of amides is 1. The van der Waals surface area contributed by atoms with E-state index in [0.29, 0.717) is 0 Å². The largest absolute Gasteiger partial charge is 0.497 e. The molecule has 0 spiro atoms. The topological polar surface area (TPSA) is 38.3 Å². The Morgan fingerprint density at radius 2 is 1.62 bits per heavy atom. The molecule has 2 aromatic carbocycles. The van der Waals surface area contributed by atoms with E-state index in [9.17, 15) is 4.79 Å². The van der Waals surface area contributed by atoms with Crippen LogP contribution >= 0.6 is 11.3 Å². The molecular weight excluding hydrogens is 318 g/mol. The molecule has 24 heavy (non-hydrogen) atoms. The number of carbonyl (C=O) groups is 1. The van der Waals surface area contributed by atoms with Crippen molar-refractivity contribution in [3.05, 3.63) is 87.6 Å². The fourth-order valence-corrected chi connectivity index (χ4v) is 3.33. The molecule has 0 aliphatic heterocycles. The van der Waals surface area contributed by atoms with Crippen molar-refractivity contribution in [1.82, 2.24) is 5.32 Å². The molecule has 4 heteroatoms. The number of benzene rings is 2. The molecule has 122 valence electrons. The molecule has 3 aromatic rings. The first-order valence-electron chi connectivity index (χ1n) is 7.73. The first-order chi connectivity index (χ1) is 11.7. The molecule has 1 unspecified atom stereocenters. The third kappa shape index (κ3) is 3.66. The maximum absolute atomic E-state index is 12.6. The summed E-state index contributed by atoms with van der Waals surface area (Å²) in [4.78, 5) is 14.5. The highest BCUT2D eigenvalue weighted by Gasteiger charge is 2.18. The first kappa shape index (κ1) is 16.3. The van der Waals surface area contributed by atoms with Gasteiger partial charge in [0.2, 0.25) is 0 Å². The molecule has 1 N–H and O–H groups in total. The van der Waals surface area contributed by atoms with Gasteiger partial charge < -0.3 is 10.1 Å². The van der Waals surface area contributed by atoms with Gasteiger partial charge in [0.1, 0.15) is 5.75 Å². The van der Waals surface area contributed by atoms with E-state index in [1.807, 2.05) is 73.7 Å². The van der Waals surface area contributed by atoms with Gasteiger partial charge in [0.05, 0.1) is 18.0 Å². The summed E-state index contributed by atoms with van der Waals surface area (Å²) in [5.41, 5.74) is 2.06. The van der Waals surface area contributed by atoms with Crippen LogP contribution in [0, 0.1) is 6.92 Å². The Kier molecular flexibility index (Phi) is 4.96. The number of aryl methyl sites for hydroxylation is 1. The average Bonchev–Trinajstić information content (AvgIpc) is 3.07. The van der Waals surface area contributed by atoms with Gasteiger partial charge in [-0.3, -0.25) is 4.79 Å². The summed E-state index contributed by atoms with van der Waals surface area (Å²) in [6, 6.07) is 21.4. The highest BCUT2D eigenvalue weighted by atomic mass is 32.1. The van der Waals surface area contributed by atoms with Crippen LogP contribution in [0.4, 0.5) is 0 Å². The van der Waals surface area contributed by atoms with Crippen LogP contribution in [0.1, 0.15) is 31.7 Å². The van der Waals surface area contributed by atoms with Crippen LogP contribution in [0.5, 0.6) is 5.75 Å². The predicted octanol–water partition coefficient (Wildman–Crippen LogP) is 4.58. The molecule has 0 radical (unpaired) electrons. The van der Waals surface area contributed by atoms with Crippen LogP contribution in [0.25, 0.3) is 0 Å². The van der Waals surface area contributed by atoms with Gasteiger partial charge in [-0.05, 0) is 42.3 Å². The van der Waals surface area contributed by atoms with E-state index < -0.39 is 0 Å². The Hall–Kier alpha value is -2.59. The Balaban J connectivity index is 1.91. The minimum atomic E-state index is -0.202. The van der Waals surface area contributed by atoms with Crippen LogP contribution in [0.15, 0.2) is 66.7 Å². The number of hydrogen-bond acceptors (Lipinski definition) is 3. The second-order valence-electron chi connectivity index (χ2n) is 5.50. The van der Waals surface area contributed by atoms with E-state index in [0.717, 1.165) is 26.6 Å². The zero-order valence-corrected chi connectivity index (χ0v) is 14.5. The number of thiophene rings is 1. The van der Waals surface area contributed by atoms with E-state index in [2.05, 4.69) is 5.32 Å². The fourth-order valence-electron chi connectivity index (χ4n) is 2.56. The van der Waals surface area contributed by atoms with Crippen molar-refractivity contribution < 1.29 is 9.53 Å². The number of carbonyl (C=O) groups excluding carboxylic acids is 1. The molecule has 0 aliphatic rings. The second-order valence-corrected chi connectivity index (χ2v) is 6.79. The van der Waals surface area contributed by atoms with Gasteiger partial charge in [0.25, 0.3) is 5.91 Å². The summed E-state index contributed by atoms with van der Waals surface area (Å²) in [6.07, 6.45) is 0. The lowest BCUT2D eigenvalue weighted by atomic mass is 9.98. The molecule has 0 fully saturated rings. The standard InChI is InChI=1S/C20H19NO2S/c1-14-8-13-18(24-14)20(22)21-19(15-6-4-3-5-7-15)16-9-11-17(23-2)12-10-16/h3-13,19H,1-2H3,(H,21,22). The lowest BCUT2D eigenvalue weighted by molar-refractivity contribution is 0.0947. The number of hydrogen-bond donors (Lipinski definition) is 1. The number of nitrogens with one attached hydrogen (secondary N) is 1. The molecule has 1 heterocycles. The van der Waals surface area contributed by atoms with Gasteiger partial charge in [-0.1, -0.05) is 42.5 Å². The lowest BCUT2D eigenvalue weighted by Crippen LogP contribution is -2.28. The second kappa shape index (κ2) is 7.32. The van der Waals surface area contributed by atoms with E-state index in [1.54, 1.807) is 7.11 Å². The van der Waals surface area contributed by atoms with Crippen molar-refractivity contribution in [3.8, 4) is 5.75 Å². The highest BCUT2D eigenvalue weighted by molar-refractivity contribution is 7.13. The summed E-state index contributed by atoms with van der Waals surface area (Å²) >= 11 is 1.50. The lowest BCUT2D eigenvalue weighted by Gasteiger charge is -2.20. The number of ether oxygens (including phenoxy) is 1. The molecule has 1 amide bonds. The quantitative estimate of drug-likeness (QED) is 0.740. The normalized spacial score (nSPS) is 11.8. The van der Waals surface area contributed by atoms with Gasteiger partial charge in [0, 0.05) is 4.88 Å². The van der Waals surface area contributed by atoms with Crippen molar-refractivity contribution in [2.75, 3.05) is 7.11 Å². The van der Waals surface area contributed by atoms with Crippen LogP contribution in [0.2, 0.25) is 0 Å². The highest BCUT2D eigenvalue weighted by Crippen LogP contribution is 2.25. The average molecular weight is 337 g/mol. The first-order valence-corrected chi connectivity index (χ1v) is 8.55. The predicted molar refractivity (Wildman–Crippen MR) is 97.8 cm³/mol. The number of methoxy groups -OCH3 is 1. The van der Waals surface area contributed by atoms with Gasteiger partial charge >= 0.3 is 0 Å². The van der Waals surface area contributed by atoms with Crippen LogP contribution in [0.3, 0.4) is 0 Å². The Labute approximate surface area is 145 Å². The summed E-state index contributed by atoms with van der Waals surface area (Å²) in [5.74, 6) is 0.739. The minimum absolute atomic E-state index is 0.0576. The van der Waals surface area contributed by atoms with Gasteiger partial charge in [-0.2, -0.15) is 0 Å². The van der Waals surface area contributed by atoms with Crippen molar-refractivity contribution in [1.29, 1.82) is 0 Å². The van der Waals surface area contributed by atoms with Crippen LogP contribution in [-0.2, 0) is 0 Å². The molecule has 3 rings (SSSR count). The van der Waals surface area contributed by atoms with Crippen LogP contribution in [-0.4, -0.2) is 13.0 Å². The molecular formula is C20H19NO2S. The third-order valence-electron chi connectivity index (χ3n) is 3.82. The molecule has 0 saturated carbocycles. The summed E-state index contributed by atoms with van der Waals surface area (Å²) in [5, 5.41) is 3.15. The Bertz CT molecular complexity index is 809.